The van der Waals surface area contributed by atoms with E-state index in [1.54, 1.807) is 29.5 Å². The summed E-state index contributed by atoms with van der Waals surface area (Å²) in [4.78, 5) is 16.3. The summed E-state index contributed by atoms with van der Waals surface area (Å²) in [6.45, 7) is 1.96. The van der Waals surface area contributed by atoms with E-state index in [-0.39, 0.29) is 17.7 Å². The lowest BCUT2D eigenvalue weighted by molar-refractivity contribution is 0.0527. The summed E-state index contributed by atoms with van der Waals surface area (Å²) in [5, 5.41) is 8.64. The third-order valence-electron chi connectivity index (χ3n) is 3.19. The molecule has 3 aromatic rings. The van der Waals surface area contributed by atoms with Crippen molar-refractivity contribution < 1.29 is 13.9 Å². The molecule has 1 aromatic carbocycles. The van der Waals surface area contributed by atoms with Gasteiger partial charge in [-0.1, -0.05) is 23.9 Å². The molecule has 2 aromatic heterocycles. The molecular weight excluding hydrogens is 319 g/mol. The summed E-state index contributed by atoms with van der Waals surface area (Å²) in [5.74, 6) is -0.665. The van der Waals surface area contributed by atoms with Gasteiger partial charge in [-0.25, -0.2) is 14.2 Å². The molecule has 0 unspecified atom stereocenters. The minimum absolute atomic E-state index is 0.194. The fraction of sp³-hybridized carbons (Fsp3) is 0.200. The molecule has 0 aliphatic rings. The first-order chi connectivity index (χ1) is 11.2. The largest absolute Gasteiger partial charge is 0.462 e. The van der Waals surface area contributed by atoms with Crippen molar-refractivity contribution in [3.05, 3.63) is 41.8 Å². The Balaban J connectivity index is 2.28. The maximum absolute atomic E-state index is 14.1. The van der Waals surface area contributed by atoms with E-state index in [2.05, 4.69) is 15.2 Å². The first-order valence-corrected chi connectivity index (χ1v) is 8.10. The summed E-state index contributed by atoms with van der Waals surface area (Å²) < 4.78 is 20.7. The third-order valence-corrected chi connectivity index (χ3v) is 3.85. The van der Waals surface area contributed by atoms with Gasteiger partial charge in [0.2, 0.25) is 0 Å². The maximum atomic E-state index is 14.1. The van der Waals surface area contributed by atoms with Gasteiger partial charge in [-0.05, 0) is 25.3 Å². The van der Waals surface area contributed by atoms with Crippen molar-refractivity contribution in [3.8, 4) is 11.4 Å². The quantitative estimate of drug-likeness (QED) is 0.416. The number of rotatable bonds is 4. The molecule has 0 bridgehead atoms. The van der Waals surface area contributed by atoms with Crippen molar-refractivity contribution in [1.29, 1.82) is 0 Å². The second-order valence-electron chi connectivity index (χ2n) is 4.54. The minimum Gasteiger partial charge on any atom is -0.462 e. The third kappa shape index (κ3) is 2.65. The Kier molecular flexibility index (Phi) is 4.24. The minimum atomic E-state index is -0.537. The van der Waals surface area contributed by atoms with Crippen LogP contribution in [-0.4, -0.2) is 38.4 Å². The van der Waals surface area contributed by atoms with Crippen molar-refractivity contribution in [3.63, 3.8) is 0 Å². The molecule has 0 amide bonds. The molecule has 8 heteroatoms. The number of thioether (sulfide) groups is 1. The number of fused-ring (bicyclic) bond motifs is 1. The Hall–Kier alpha value is -2.48. The highest BCUT2D eigenvalue weighted by molar-refractivity contribution is 7.98. The summed E-state index contributed by atoms with van der Waals surface area (Å²) >= 11 is 1.35. The molecule has 0 atom stereocenters. The van der Waals surface area contributed by atoms with Gasteiger partial charge in [0.15, 0.2) is 16.6 Å². The van der Waals surface area contributed by atoms with Gasteiger partial charge in [-0.15, -0.1) is 10.2 Å². The monoisotopic (exact) mass is 332 g/mol. The molecule has 23 heavy (non-hydrogen) atoms. The van der Waals surface area contributed by atoms with Gasteiger partial charge < -0.3 is 4.74 Å². The topological polar surface area (TPSA) is 69.4 Å². The number of carbonyl (C=O) groups excluding carboxylic acids is 1. The van der Waals surface area contributed by atoms with E-state index in [4.69, 9.17) is 4.74 Å². The molecule has 0 N–H and O–H groups in total. The Morgan fingerprint density at radius 1 is 1.35 bits per heavy atom. The Morgan fingerprint density at radius 3 is 2.83 bits per heavy atom. The zero-order chi connectivity index (χ0) is 16.4. The molecule has 0 radical (unpaired) electrons. The highest BCUT2D eigenvalue weighted by Gasteiger charge is 2.21. The number of carbonyl (C=O) groups is 1. The van der Waals surface area contributed by atoms with E-state index in [0.29, 0.717) is 16.6 Å². The molecule has 0 aliphatic carbocycles. The number of aromatic nitrogens is 4. The Labute approximate surface area is 135 Å². The molecule has 0 aliphatic heterocycles. The van der Waals surface area contributed by atoms with Crippen LogP contribution in [0, 0.1) is 5.82 Å². The lowest BCUT2D eigenvalue weighted by Crippen LogP contribution is -2.09. The zero-order valence-electron chi connectivity index (χ0n) is 12.5. The summed E-state index contributed by atoms with van der Waals surface area (Å²) in [7, 11) is 0. The standard InChI is InChI=1S/C15H13FN4O2S/c1-3-22-14(21)10-8-17-15(23-2)20-12(18-19-13(10)20)9-6-4-5-7-11(9)16/h4-8H,3H2,1-2H3. The predicted molar refractivity (Wildman–Crippen MR) is 83.9 cm³/mol. The van der Waals surface area contributed by atoms with Crippen LogP contribution in [0.15, 0.2) is 35.6 Å². The smallest absolute Gasteiger partial charge is 0.343 e. The molecule has 0 spiro atoms. The molecule has 3 rings (SSSR count). The van der Waals surface area contributed by atoms with Crippen LogP contribution in [0.5, 0.6) is 0 Å². The van der Waals surface area contributed by atoms with E-state index in [0.717, 1.165) is 0 Å². The van der Waals surface area contributed by atoms with Crippen LogP contribution in [0.4, 0.5) is 4.39 Å². The number of ether oxygens (including phenoxy) is 1. The van der Waals surface area contributed by atoms with Gasteiger partial charge in [0.1, 0.15) is 11.4 Å². The highest BCUT2D eigenvalue weighted by atomic mass is 32.2. The Morgan fingerprint density at radius 2 is 2.13 bits per heavy atom. The van der Waals surface area contributed by atoms with E-state index in [1.807, 2.05) is 6.26 Å². The van der Waals surface area contributed by atoms with Gasteiger partial charge in [0.05, 0.1) is 12.2 Å². The van der Waals surface area contributed by atoms with Gasteiger partial charge in [0.25, 0.3) is 0 Å². The van der Waals surface area contributed by atoms with Crippen molar-refractivity contribution in [1.82, 2.24) is 19.6 Å². The first-order valence-electron chi connectivity index (χ1n) is 6.87. The normalized spacial score (nSPS) is 10.9. The van der Waals surface area contributed by atoms with E-state index < -0.39 is 11.8 Å². The molecule has 0 saturated heterocycles. The van der Waals surface area contributed by atoms with Crippen molar-refractivity contribution in [2.45, 2.75) is 12.1 Å². The van der Waals surface area contributed by atoms with Gasteiger partial charge in [0, 0.05) is 6.20 Å². The van der Waals surface area contributed by atoms with Crippen molar-refractivity contribution >= 4 is 23.4 Å². The average molecular weight is 332 g/mol. The van der Waals surface area contributed by atoms with Crippen LogP contribution < -0.4 is 0 Å². The van der Waals surface area contributed by atoms with E-state index in [1.165, 1.54) is 24.0 Å². The van der Waals surface area contributed by atoms with Crippen molar-refractivity contribution in [2.75, 3.05) is 12.9 Å². The molecule has 118 valence electrons. The lowest BCUT2D eigenvalue weighted by Gasteiger charge is -2.08. The van der Waals surface area contributed by atoms with E-state index >= 15 is 0 Å². The van der Waals surface area contributed by atoms with Crippen molar-refractivity contribution in [2.24, 2.45) is 0 Å². The maximum Gasteiger partial charge on any atom is 0.343 e. The summed E-state index contributed by atoms with van der Waals surface area (Å²) in [6, 6.07) is 6.26. The fourth-order valence-electron chi connectivity index (χ4n) is 2.19. The molecular formula is C15H13FN4O2S. The van der Waals surface area contributed by atoms with E-state index in [9.17, 15) is 9.18 Å². The van der Waals surface area contributed by atoms with Crippen LogP contribution in [0.2, 0.25) is 0 Å². The summed E-state index contributed by atoms with van der Waals surface area (Å²) in [5.41, 5.74) is 0.777. The molecule has 6 nitrogen and oxygen atoms in total. The first kappa shape index (κ1) is 15.4. The number of hydrogen-bond acceptors (Lipinski definition) is 6. The Bertz CT molecular complexity index is 881. The van der Waals surface area contributed by atoms with Crippen LogP contribution >= 0.6 is 11.8 Å². The van der Waals surface area contributed by atoms with Crippen LogP contribution in [0.25, 0.3) is 17.0 Å². The lowest BCUT2D eigenvalue weighted by atomic mass is 10.2. The molecule has 0 saturated carbocycles. The van der Waals surface area contributed by atoms with Crippen LogP contribution in [-0.2, 0) is 4.74 Å². The number of halogens is 1. The van der Waals surface area contributed by atoms with Gasteiger partial charge in [-0.2, -0.15) is 0 Å². The number of esters is 1. The van der Waals surface area contributed by atoms with Crippen LogP contribution in [0.3, 0.4) is 0 Å². The fourth-order valence-corrected chi connectivity index (χ4v) is 2.70. The highest BCUT2D eigenvalue weighted by Crippen LogP contribution is 2.26. The number of hydrogen-bond donors (Lipinski definition) is 0. The van der Waals surface area contributed by atoms with Crippen LogP contribution in [0.1, 0.15) is 17.3 Å². The molecule has 0 fully saturated rings. The average Bonchev–Trinajstić information content (AvgIpc) is 2.99. The predicted octanol–water partition coefficient (Wildman–Crippen LogP) is 2.83. The SMILES string of the molecule is CCOC(=O)c1cnc(SC)n2c(-c3ccccc3F)nnc12. The zero-order valence-corrected chi connectivity index (χ0v) is 13.3. The van der Waals surface area contributed by atoms with Gasteiger partial charge in [-0.3, -0.25) is 4.40 Å². The number of nitrogens with zero attached hydrogens (tertiary/aromatic N) is 4. The second-order valence-corrected chi connectivity index (χ2v) is 5.31. The summed E-state index contributed by atoms with van der Waals surface area (Å²) in [6.07, 6.45) is 3.23. The molecule has 2 heterocycles. The van der Waals surface area contributed by atoms with Gasteiger partial charge >= 0.3 is 5.97 Å². The number of benzene rings is 1. The second kappa shape index (κ2) is 6.33.